The largest absolute Gasteiger partial charge is 0.480 e. The highest BCUT2D eigenvalue weighted by molar-refractivity contribution is 7.98. The summed E-state index contributed by atoms with van der Waals surface area (Å²) in [5.74, 6) is -5.40. The van der Waals surface area contributed by atoms with Crippen LogP contribution in [0.4, 0.5) is 0 Å². The van der Waals surface area contributed by atoms with E-state index in [1.165, 1.54) is 11.8 Å². The number of hydrogen-bond acceptors (Lipinski definition) is 9. The third-order valence-electron chi connectivity index (χ3n) is 4.12. The molecule has 32 heavy (non-hydrogen) atoms. The number of nitrogens with one attached hydrogen (secondary N) is 3. The van der Waals surface area contributed by atoms with Crippen LogP contribution < -0.4 is 33.2 Å². The van der Waals surface area contributed by atoms with Crippen molar-refractivity contribution in [1.29, 1.82) is 0 Å². The molecule has 182 valence electrons. The number of carbonyl (C=O) groups is 6. The van der Waals surface area contributed by atoms with Gasteiger partial charge in [0, 0.05) is 6.42 Å². The van der Waals surface area contributed by atoms with Gasteiger partial charge in [0.05, 0.1) is 19.1 Å². The molecule has 0 heterocycles. The van der Waals surface area contributed by atoms with Crippen molar-refractivity contribution in [3.63, 3.8) is 0 Å². The Labute approximate surface area is 188 Å². The second-order valence-electron chi connectivity index (χ2n) is 6.77. The summed E-state index contributed by atoms with van der Waals surface area (Å²) in [7, 11) is 0. The van der Waals surface area contributed by atoms with Crippen molar-refractivity contribution in [2.75, 3.05) is 18.6 Å². The van der Waals surface area contributed by atoms with Crippen LogP contribution >= 0.6 is 11.8 Å². The first-order chi connectivity index (χ1) is 14.9. The van der Waals surface area contributed by atoms with Crippen LogP contribution in [0.5, 0.6) is 0 Å². The van der Waals surface area contributed by atoms with E-state index >= 15 is 0 Å². The second kappa shape index (κ2) is 15.0. The summed E-state index contributed by atoms with van der Waals surface area (Å²) in [6, 6.07) is -5.55. The van der Waals surface area contributed by atoms with E-state index in [1.807, 2.05) is 6.26 Å². The van der Waals surface area contributed by atoms with Gasteiger partial charge >= 0.3 is 5.97 Å². The number of thioether (sulfide) groups is 1. The van der Waals surface area contributed by atoms with E-state index < -0.39 is 72.7 Å². The predicted molar refractivity (Wildman–Crippen MR) is 114 cm³/mol. The average molecular weight is 479 g/mol. The minimum atomic E-state index is -1.62. The molecule has 0 radical (unpaired) electrons. The molecule has 0 aromatic rings. The lowest BCUT2D eigenvalue weighted by Crippen LogP contribution is -2.58. The highest BCUT2D eigenvalue weighted by Crippen LogP contribution is 2.02. The van der Waals surface area contributed by atoms with E-state index in [-0.39, 0.29) is 12.8 Å². The van der Waals surface area contributed by atoms with E-state index in [2.05, 4.69) is 16.0 Å². The number of nitrogens with two attached hydrogens (primary N) is 3. The summed E-state index contributed by atoms with van der Waals surface area (Å²) in [6.07, 6.45) is 0.884. The molecule has 14 nitrogen and oxygen atoms in total. The van der Waals surface area contributed by atoms with Gasteiger partial charge in [-0.2, -0.15) is 11.8 Å². The molecule has 15 heteroatoms. The lowest BCUT2D eigenvalue weighted by molar-refractivity contribution is -0.143. The number of hydrogen-bond donors (Lipinski definition) is 8. The molecule has 0 aromatic heterocycles. The van der Waals surface area contributed by atoms with Crippen LogP contribution in [0.3, 0.4) is 0 Å². The maximum absolute atomic E-state index is 12.5. The number of aliphatic carboxylic acids is 1. The molecule has 4 unspecified atom stereocenters. The van der Waals surface area contributed by atoms with Crippen LogP contribution in [0.25, 0.3) is 0 Å². The van der Waals surface area contributed by atoms with Crippen molar-refractivity contribution < 1.29 is 39.0 Å². The number of aliphatic hydroxyl groups is 1. The molecule has 0 spiro atoms. The zero-order chi connectivity index (χ0) is 24.8. The number of carboxylic acids is 1. The summed E-state index contributed by atoms with van der Waals surface area (Å²) in [4.78, 5) is 70.4. The summed E-state index contributed by atoms with van der Waals surface area (Å²) >= 11 is 1.46. The monoisotopic (exact) mass is 478 g/mol. The Morgan fingerprint density at radius 1 is 0.844 bits per heavy atom. The Morgan fingerprint density at radius 3 is 1.84 bits per heavy atom. The highest BCUT2D eigenvalue weighted by Gasteiger charge is 2.30. The zero-order valence-electron chi connectivity index (χ0n) is 17.5. The van der Waals surface area contributed by atoms with Gasteiger partial charge in [-0.05, 0) is 24.9 Å². The quantitative estimate of drug-likeness (QED) is 0.106. The molecule has 0 aliphatic heterocycles. The fraction of sp³-hybridized carbons (Fsp3) is 0.647. The van der Waals surface area contributed by atoms with Gasteiger partial charge in [-0.25, -0.2) is 4.79 Å². The number of carbonyl (C=O) groups excluding carboxylic acids is 5. The Kier molecular flexibility index (Phi) is 13.6. The zero-order valence-corrected chi connectivity index (χ0v) is 18.4. The topological polar surface area (TPSA) is 257 Å². The molecule has 4 atom stereocenters. The molecule has 0 rings (SSSR count). The fourth-order valence-electron chi connectivity index (χ4n) is 2.35. The van der Waals surface area contributed by atoms with E-state index in [9.17, 15) is 33.9 Å². The first-order valence-corrected chi connectivity index (χ1v) is 10.9. The maximum atomic E-state index is 12.5. The lowest BCUT2D eigenvalue weighted by atomic mass is 10.1. The van der Waals surface area contributed by atoms with Crippen LogP contribution in [0.2, 0.25) is 0 Å². The number of primary amides is 2. The fourth-order valence-corrected chi connectivity index (χ4v) is 2.84. The summed E-state index contributed by atoms with van der Waals surface area (Å²) in [6.45, 7) is -0.926. The van der Waals surface area contributed by atoms with Gasteiger partial charge in [0.1, 0.15) is 18.1 Å². The van der Waals surface area contributed by atoms with Crippen molar-refractivity contribution in [3.05, 3.63) is 0 Å². The van der Waals surface area contributed by atoms with Crippen LogP contribution in [0.15, 0.2) is 0 Å². The van der Waals surface area contributed by atoms with Gasteiger partial charge in [0.25, 0.3) is 0 Å². The minimum Gasteiger partial charge on any atom is -0.480 e. The highest BCUT2D eigenvalue weighted by atomic mass is 32.2. The average Bonchev–Trinajstić information content (AvgIpc) is 2.71. The molecule has 5 amide bonds. The molecule has 0 aliphatic rings. The molecular weight excluding hydrogens is 448 g/mol. The summed E-state index contributed by atoms with van der Waals surface area (Å²) in [5, 5.41) is 25.0. The van der Waals surface area contributed by atoms with E-state index in [4.69, 9.17) is 22.3 Å². The Balaban J connectivity index is 5.21. The van der Waals surface area contributed by atoms with Crippen molar-refractivity contribution >= 4 is 47.3 Å². The summed E-state index contributed by atoms with van der Waals surface area (Å²) in [5.41, 5.74) is 15.8. The van der Waals surface area contributed by atoms with Gasteiger partial charge < -0.3 is 43.4 Å². The molecule has 0 saturated carbocycles. The van der Waals surface area contributed by atoms with Crippen LogP contribution in [-0.4, -0.2) is 88.5 Å². The van der Waals surface area contributed by atoms with E-state index in [0.29, 0.717) is 12.2 Å². The van der Waals surface area contributed by atoms with Crippen molar-refractivity contribution in [1.82, 2.24) is 16.0 Å². The van der Waals surface area contributed by atoms with Gasteiger partial charge in [-0.3, -0.25) is 24.0 Å². The molecule has 11 N–H and O–H groups in total. The van der Waals surface area contributed by atoms with Crippen LogP contribution in [-0.2, 0) is 28.8 Å². The molecule has 0 bridgehead atoms. The van der Waals surface area contributed by atoms with Crippen LogP contribution in [0, 0.1) is 0 Å². The maximum Gasteiger partial charge on any atom is 0.326 e. The van der Waals surface area contributed by atoms with E-state index in [0.717, 1.165) is 0 Å². The number of rotatable bonds is 16. The Morgan fingerprint density at radius 2 is 1.38 bits per heavy atom. The SMILES string of the molecule is CSCCC(N)C(=O)NC(CC(N)=O)C(=O)NC(CO)C(=O)NC(CCC(N)=O)C(=O)O. The third kappa shape index (κ3) is 11.5. The van der Waals surface area contributed by atoms with Crippen molar-refractivity contribution in [2.45, 2.75) is 49.9 Å². The van der Waals surface area contributed by atoms with Crippen molar-refractivity contribution in [3.8, 4) is 0 Å². The summed E-state index contributed by atoms with van der Waals surface area (Å²) < 4.78 is 0. The third-order valence-corrected chi connectivity index (χ3v) is 4.76. The van der Waals surface area contributed by atoms with Crippen molar-refractivity contribution in [2.24, 2.45) is 17.2 Å². The predicted octanol–water partition coefficient (Wildman–Crippen LogP) is -4.26. The van der Waals surface area contributed by atoms with Gasteiger partial charge in [-0.15, -0.1) is 0 Å². The number of amides is 5. The standard InChI is InChI=1S/C17H30N6O8S/c1-32-5-4-8(18)14(27)22-10(6-13(20)26)15(28)23-11(7-24)16(29)21-9(17(30)31)2-3-12(19)25/h8-11,24H,2-7,18H2,1H3,(H2,19,25)(H2,20,26)(H,21,29)(H,22,27)(H,23,28)(H,30,31). The molecule has 0 aliphatic carbocycles. The number of aliphatic hydroxyl groups excluding tert-OH is 1. The first-order valence-electron chi connectivity index (χ1n) is 9.48. The van der Waals surface area contributed by atoms with Gasteiger partial charge in [0.2, 0.25) is 29.5 Å². The normalized spacial score (nSPS) is 14.3. The molecule has 0 saturated heterocycles. The molecule has 0 fully saturated rings. The van der Waals surface area contributed by atoms with Gasteiger partial charge in [-0.1, -0.05) is 0 Å². The second-order valence-corrected chi connectivity index (χ2v) is 7.75. The smallest absolute Gasteiger partial charge is 0.326 e. The Hall–Kier alpha value is -2.91. The molecule has 0 aromatic carbocycles. The van der Waals surface area contributed by atoms with Crippen LogP contribution in [0.1, 0.15) is 25.7 Å². The molecular formula is C17H30N6O8S. The van der Waals surface area contributed by atoms with E-state index in [1.54, 1.807) is 0 Å². The lowest BCUT2D eigenvalue weighted by Gasteiger charge is -2.23. The van der Waals surface area contributed by atoms with Gasteiger partial charge in [0.15, 0.2) is 0 Å². The number of carboxylic acid groups (broad SMARTS) is 1. The Bertz CT molecular complexity index is 707. The minimum absolute atomic E-state index is 0.307. The first kappa shape index (κ1) is 29.1.